The Morgan fingerprint density at radius 1 is 1.14 bits per heavy atom. The fraction of sp³-hybridized carbons (Fsp3) is 0.227. The van der Waals surface area contributed by atoms with E-state index in [2.05, 4.69) is 24.1 Å². The molecule has 0 aliphatic carbocycles. The summed E-state index contributed by atoms with van der Waals surface area (Å²) in [6, 6.07) is 13.6. The highest BCUT2D eigenvalue weighted by atomic mass is 16.5. The summed E-state index contributed by atoms with van der Waals surface area (Å²) in [4.78, 5) is 38.1. The molecule has 6 heteroatoms. The predicted molar refractivity (Wildman–Crippen MR) is 107 cm³/mol. The molecular formula is C22H20N2O4. The Morgan fingerprint density at radius 3 is 2.57 bits per heavy atom. The Morgan fingerprint density at radius 2 is 1.86 bits per heavy atom. The lowest BCUT2D eigenvalue weighted by molar-refractivity contribution is -0.149. The van der Waals surface area contributed by atoms with Crippen LogP contribution in [0.2, 0.25) is 0 Å². The van der Waals surface area contributed by atoms with Crippen molar-refractivity contribution in [3.8, 4) is 0 Å². The third-order valence-electron chi connectivity index (χ3n) is 5.03. The summed E-state index contributed by atoms with van der Waals surface area (Å²) < 4.78 is 7.33. The van der Waals surface area contributed by atoms with E-state index in [4.69, 9.17) is 4.74 Å². The molecule has 2 heterocycles. The molecule has 28 heavy (non-hydrogen) atoms. The van der Waals surface area contributed by atoms with Crippen LogP contribution in [-0.2, 0) is 25.7 Å². The molecule has 0 radical (unpaired) electrons. The number of amides is 2. The van der Waals surface area contributed by atoms with Crippen molar-refractivity contribution in [1.82, 2.24) is 4.57 Å². The SMILES string of the molecule is C=C(C)C(=O)O[C@H]1CC(=O)N(c2ccc3c(c2)c2ccccc2n3CC)C1=O. The van der Waals surface area contributed by atoms with E-state index in [1.807, 2.05) is 30.3 Å². The van der Waals surface area contributed by atoms with Crippen LogP contribution in [0.15, 0.2) is 54.6 Å². The molecule has 1 saturated heterocycles. The van der Waals surface area contributed by atoms with Crippen molar-refractivity contribution < 1.29 is 19.1 Å². The van der Waals surface area contributed by atoms with Gasteiger partial charge in [0, 0.05) is 33.9 Å². The predicted octanol–water partition coefficient (Wildman–Crippen LogP) is 3.57. The molecule has 0 bridgehead atoms. The number of aromatic nitrogens is 1. The minimum absolute atomic E-state index is 0.160. The molecule has 1 fully saturated rings. The minimum atomic E-state index is -1.11. The number of imide groups is 1. The summed E-state index contributed by atoms with van der Waals surface area (Å²) in [6.45, 7) is 7.89. The van der Waals surface area contributed by atoms with Crippen LogP contribution >= 0.6 is 0 Å². The van der Waals surface area contributed by atoms with Crippen molar-refractivity contribution >= 4 is 45.3 Å². The van der Waals surface area contributed by atoms with Crippen molar-refractivity contribution in [2.45, 2.75) is 32.9 Å². The summed E-state index contributed by atoms with van der Waals surface area (Å²) in [5, 5.41) is 2.03. The zero-order valence-corrected chi connectivity index (χ0v) is 15.8. The third kappa shape index (κ3) is 2.69. The van der Waals surface area contributed by atoms with Crippen LogP contribution in [0.25, 0.3) is 21.8 Å². The van der Waals surface area contributed by atoms with Crippen LogP contribution in [0.4, 0.5) is 5.69 Å². The third-order valence-corrected chi connectivity index (χ3v) is 5.03. The molecular weight excluding hydrogens is 356 g/mol. The van der Waals surface area contributed by atoms with E-state index in [9.17, 15) is 14.4 Å². The number of hydrogen-bond donors (Lipinski definition) is 0. The van der Waals surface area contributed by atoms with Gasteiger partial charge in [0.2, 0.25) is 5.91 Å². The Kier molecular flexibility index (Phi) is 4.26. The number of hydrogen-bond acceptors (Lipinski definition) is 4. The number of para-hydroxylation sites is 1. The maximum Gasteiger partial charge on any atom is 0.333 e. The molecule has 1 aromatic heterocycles. The zero-order valence-electron chi connectivity index (χ0n) is 15.8. The van der Waals surface area contributed by atoms with E-state index < -0.39 is 18.0 Å². The molecule has 1 aliphatic heterocycles. The quantitative estimate of drug-likeness (QED) is 0.397. The number of fused-ring (bicyclic) bond motifs is 3. The molecule has 0 N–H and O–H groups in total. The first kappa shape index (κ1) is 18.0. The zero-order chi connectivity index (χ0) is 20.0. The van der Waals surface area contributed by atoms with Gasteiger partial charge in [0.05, 0.1) is 12.1 Å². The van der Waals surface area contributed by atoms with Gasteiger partial charge >= 0.3 is 5.97 Å². The number of anilines is 1. The molecule has 3 aromatic rings. The maximum absolute atomic E-state index is 12.7. The largest absolute Gasteiger partial charge is 0.448 e. The normalized spacial score (nSPS) is 16.9. The van der Waals surface area contributed by atoms with Gasteiger partial charge in [-0.05, 0) is 38.1 Å². The van der Waals surface area contributed by atoms with Crippen molar-refractivity contribution in [1.29, 1.82) is 0 Å². The van der Waals surface area contributed by atoms with Crippen molar-refractivity contribution in [3.63, 3.8) is 0 Å². The van der Waals surface area contributed by atoms with Crippen LogP contribution in [0.5, 0.6) is 0 Å². The summed E-state index contributed by atoms with van der Waals surface area (Å²) >= 11 is 0. The topological polar surface area (TPSA) is 68.6 Å². The monoisotopic (exact) mass is 376 g/mol. The molecule has 2 aromatic carbocycles. The second-order valence-corrected chi connectivity index (χ2v) is 6.91. The lowest BCUT2D eigenvalue weighted by atomic mass is 10.1. The highest BCUT2D eigenvalue weighted by molar-refractivity contribution is 6.23. The number of aryl methyl sites for hydroxylation is 1. The number of carbonyl (C=O) groups excluding carboxylic acids is 3. The van der Waals surface area contributed by atoms with Gasteiger partial charge in [-0.25, -0.2) is 9.69 Å². The Bertz CT molecular complexity index is 1160. The number of benzene rings is 2. The minimum Gasteiger partial charge on any atom is -0.448 e. The van der Waals surface area contributed by atoms with Crippen LogP contribution in [0, 0.1) is 0 Å². The first-order valence-electron chi connectivity index (χ1n) is 9.16. The van der Waals surface area contributed by atoms with Crippen molar-refractivity contribution in [2.75, 3.05) is 4.90 Å². The number of ether oxygens (including phenoxy) is 1. The van der Waals surface area contributed by atoms with Crippen LogP contribution in [0.1, 0.15) is 20.3 Å². The van der Waals surface area contributed by atoms with Gasteiger partial charge in [-0.15, -0.1) is 0 Å². The fourth-order valence-corrected chi connectivity index (χ4v) is 3.72. The number of esters is 1. The highest BCUT2D eigenvalue weighted by Crippen LogP contribution is 2.34. The molecule has 6 nitrogen and oxygen atoms in total. The first-order chi connectivity index (χ1) is 13.4. The van der Waals surface area contributed by atoms with Gasteiger partial charge < -0.3 is 9.30 Å². The molecule has 1 atom stereocenters. The summed E-state index contributed by atoms with van der Waals surface area (Å²) in [5.41, 5.74) is 2.81. The first-order valence-corrected chi connectivity index (χ1v) is 9.16. The summed E-state index contributed by atoms with van der Waals surface area (Å²) in [7, 11) is 0. The Balaban J connectivity index is 1.76. The van der Waals surface area contributed by atoms with E-state index in [1.165, 1.54) is 6.92 Å². The lowest BCUT2D eigenvalue weighted by Gasteiger charge is -2.15. The van der Waals surface area contributed by atoms with E-state index >= 15 is 0 Å². The smallest absolute Gasteiger partial charge is 0.333 e. The van der Waals surface area contributed by atoms with Gasteiger partial charge in [0.25, 0.3) is 5.91 Å². The fourth-order valence-electron chi connectivity index (χ4n) is 3.72. The molecule has 0 saturated carbocycles. The van der Waals surface area contributed by atoms with Gasteiger partial charge in [-0.3, -0.25) is 9.59 Å². The molecule has 0 spiro atoms. The molecule has 0 unspecified atom stereocenters. The Labute approximate surface area is 162 Å². The summed E-state index contributed by atoms with van der Waals surface area (Å²) in [6.07, 6.45) is -1.27. The van der Waals surface area contributed by atoms with E-state index in [1.54, 1.807) is 6.07 Å². The number of rotatable bonds is 4. The van der Waals surface area contributed by atoms with Crippen LogP contribution in [0.3, 0.4) is 0 Å². The van der Waals surface area contributed by atoms with Crippen molar-refractivity contribution in [2.24, 2.45) is 0 Å². The van der Waals surface area contributed by atoms with E-state index in [0.717, 1.165) is 33.3 Å². The average molecular weight is 376 g/mol. The number of carbonyl (C=O) groups is 3. The van der Waals surface area contributed by atoms with E-state index in [0.29, 0.717) is 5.69 Å². The van der Waals surface area contributed by atoms with Crippen LogP contribution in [-0.4, -0.2) is 28.5 Å². The second-order valence-electron chi connectivity index (χ2n) is 6.91. The molecule has 1 aliphatic rings. The molecule has 2 amide bonds. The maximum atomic E-state index is 12.7. The average Bonchev–Trinajstić information content (AvgIpc) is 3.14. The van der Waals surface area contributed by atoms with Crippen LogP contribution < -0.4 is 4.90 Å². The van der Waals surface area contributed by atoms with Gasteiger partial charge in [0.15, 0.2) is 6.10 Å². The second kappa shape index (κ2) is 6.64. The van der Waals surface area contributed by atoms with Gasteiger partial charge in [0.1, 0.15) is 0 Å². The van der Waals surface area contributed by atoms with E-state index in [-0.39, 0.29) is 17.9 Å². The molecule has 4 rings (SSSR count). The summed E-state index contributed by atoms with van der Waals surface area (Å²) in [5.74, 6) is -1.59. The Hall–Kier alpha value is -3.41. The van der Waals surface area contributed by atoms with Crippen molar-refractivity contribution in [3.05, 3.63) is 54.6 Å². The van der Waals surface area contributed by atoms with Gasteiger partial charge in [-0.2, -0.15) is 0 Å². The highest BCUT2D eigenvalue weighted by Gasteiger charge is 2.42. The number of nitrogens with zero attached hydrogens (tertiary/aromatic N) is 2. The lowest BCUT2D eigenvalue weighted by Crippen LogP contribution is -2.33. The standard InChI is InChI=1S/C22H20N2O4/c1-4-23-17-8-6-5-7-15(17)16-11-14(9-10-18(16)23)24-20(25)12-19(21(24)26)28-22(27)13(2)3/h5-11,19H,2,4,12H2,1,3H3/t19-/m0/s1. The van der Waals surface area contributed by atoms with Gasteiger partial charge in [-0.1, -0.05) is 24.8 Å². The molecule has 142 valence electrons.